The van der Waals surface area contributed by atoms with Crippen molar-refractivity contribution in [2.24, 2.45) is 0 Å². The van der Waals surface area contributed by atoms with Crippen LogP contribution in [0.1, 0.15) is 61.5 Å². The minimum atomic E-state index is -0.502. The summed E-state index contributed by atoms with van der Waals surface area (Å²) in [4.78, 5) is 21.9. The second kappa shape index (κ2) is 9.47. The summed E-state index contributed by atoms with van der Waals surface area (Å²) in [6.07, 6.45) is 8.11. The molecule has 1 heterocycles. The van der Waals surface area contributed by atoms with Crippen molar-refractivity contribution >= 4 is 22.3 Å². The lowest BCUT2D eigenvalue weighted by molar-refractivity contribution is -0.380. The van der Waals surface area contributed by atoms with E-state index in [1.54, 1.807) is 0 Å². The van der Waals surface area contributed by atoms with Gasteiger partial charge in [0.15, 0.2) is 0 Å². The van der Waals surface area contributed by atoms with E-state index in [-0.39, 0.29) is 5.00 Å². The predicted molar refractivity (Wildman–Crippen MR) is 79.2 cm³/mol. The van der Waals surface area contributed by atoms with Crippen LogP contribution in [0.2, 0.25) is 0 Å². The van der Waals surface area contributed by atoms with Gasteiger partial charge in [-0.15, -0.1) is 0 Å². The van der Waals surface area contributed by atoms with Crippen molar-refractivity contribution in [2.45, 2.75) is 51.9 Å². The lowest BCUT2D eigenvalue weighted by atomic mass is 10.1. The number of carbonyl (C=O) groups excluding carboxylic acids is 1. The van der Waals surface area contributed by atoms with Gasteiger partial charge in [0.25, 0.3) is 0 Å². The fourth-order valence-electron chi connectivity index (χ4n) is 1.83. The first-order valence-electron chi connectivity index (χ1n) is 7.06. The number of nitrogens with zero attached hydrogens (tertiary/aromatic N) is 1. The molecule has 112 valence electrons. The van der Waals surface area contributed by atoms with Crippen LogP contribution in [0.15, 0.2) is 12.1 Å². The van der Waals surface area contributed by atoms with E-state index in [0.29, 0.717) is 11.5 Å². The summed E-state index contributed by atoms with van der Waals surface area (Å²) in [5, 5.41) is 10.5. The summed E-state index contributed by atoms with van der Waals surface area (Å²) in [6.45, 7) is 2.58. The zero-order valence-corrected chi connectivity index (χ0v) is 12.6. The van der Waals surface area contributed by atoms with Crippen molar-refractivity contribution in [3.05, 3.63) is 27.1 Å². The molecule has 0 atom stereocenters. The summed E-state index contributed by atoms with van der Waals surface area (Å²) in [6, 6.07) is 2.77. The van der Waals surface area contributed by atoms with Crippen LogP contribution in [0, 0.1) is 10.1 Å². The van der Waals surface area contributed by atoms with E-state index in [0.717, 1.165) is 24.2 Å². The highest BCUT2D eigenvalue weighted by atomic mass is 32.1. The molecule has 0 spiro atoms. The third-order valence-corrected chi connectivity index (χ3v) is 3.97. The molecule has 5 nitrogen and oxygen atoms in total. The summed E-state index contributed by atoms with van der Waals surface area (Å²) < 4.78 is 5.10. The molecule has 0 aliphatic carbocycles. The fraction of sp³-hybridized carbons (Fsp3) is 0.643. The van der Waals surface area contributed by atoms with Crippen LogP contribution in [-0.4, -0.2) is 17.5 Å². The maximum atomic E-state index is 11.6. The third-order valence-electron chi connectivity index (χ3n) is 2.95. The average molecular weight is 299 g/mol. The van der Waals surface area contributed by atoms with E-state index in [9.17, 15) is 14.9 Å². The Bertz CT molecular complexity index is 431. The number of esters is 1. The van der Waals surface area contributed by atoms with Crippen LogP contribution in [0.5, 0.6) is 0 Å². The molecule has 1 rings (SSSR count). The van der Waals surface area contributed by atoms with Crippen molar-refractivity contribution in [1.82, 2.24) is 0 Å². The summed E-state index contributed by atoms with van der Waals surface area (Å²) in [5.74, 6) is -0.464. The normalized spacial score (nSPS) is 10.4. The largest absolute Gasteiger partial charge is 0.462 e. The SMILES string of the molecule is CCCCCCCCCOC(=O)c1ccc([N+](=O)[O-])s1. The van der Waals surface area contributed by atoms with Gasteiger partial charge in [-0.2, -0.15) is 0 Å². The molecule has 0 radical (unpaired) electrons. The van der Waals surface area contributed by atoms with Crippen molar-refractivity contribution in [3.8, 4) is 0 Å². The van der Waals surface area contributed by atoms with Gasteiger partial charge in [-0.3, -0.25) is 10.1 Å². The summed E-state index contributed by atoms with van der Waals surface area (Å²) in [5.41, 5.74) is 0. The minimum absolute atomic E-state index is 0.0344. The Morgan fingerprint density at radius 3 is 2.45 bits per heavy atom. The molecule has 20 heavy (non-hydrogen) atoms. The van der Waals surface area contributed by atoms with Crippen LogP contribution in [0.3, 0.4) is 0 Å². The van der Waals surface area contributed by atoms with Crippen LogP contribution >= 0.6 is 11.3 Å². The predicted octanol–water partition coefficient (Wildman–Crippen LogP) is 4.56. The Labute approximate surface area is 123 Å². The smallest absolute Gasteiger partial charge is 0.348 e. The maximum absolute atomic E-state index is 11.6. The second-order valence-corrected chi connectivity index (χ2v) is 5.71. The van der Waals surface area contributed by atoms with Crippen molar-refractivity contribution in [2.75, 3.05) is 6.61 Å². The highest BCUT2D eigenvalue weighted by Gasteiger charge is 2.15. The second-order valence-electron chi connectivity index (χ2n) is 4.65. The number of hydrogen-bond acceptors (Lipinski definition) is 5. The Kier molecular flexibility index (Phi) is 7.87. The van der Waals surface area contributed by atoms with Gasteiger partial charge in [0.05, 0.1) is 11.5 Å². The van der Waals surface area contributed by atoms with Gasteiger partial charge in [-0.05, 0) is 12.5 Å². The molecule has 0 fully saturated rings. The average Bonchev–Trinajstić information content (AvgIpc) is 2.91. The van der Waals surface area contributed by atoms with Crippen molar-refractivity contribution in [1.29, 1.82) is 0 Å². The van der Waals surface area contributed by atoms with Gasteiger partial charge >= 0.3 is 11.0 Å². The fourth-order valence-corrected chi connectivity index (χ4v) is 2.54. The molecule has 1 aromatic rings. The van der Waals surface area contributed by atoms with Gasteiger partial charge in [0.2, 0.25) is 0 Å². The van der Waals surface area contributed by atoms with E-state index in [2.05, 4.69) is 6.92 Å². The molecule has 0 bridgehead atoms. The molecule has 0 aromatic carbocycles. The Hall–Kier alpha value is -1.43. The summed E-state index contributed by atoms with van der Waals surface area (Å²) >= 11 is 0.853. The minimum Gasteiger partial charge on any atom is -0.462 e. The molecule has 0 N–H and O–H groups in total. The van der Waals surface area contributed by atoms with Crippen LogP contribution in [-0.2, 0) is 4.74 Å². The van der Waals surface area contributed by atoms with Crippen molar-refractivity contribution in [3.63, 3.8) is 0 Å². The lowest BCUT2D eigenvalue weighted by Crippen LogP contribution is -2.04. The Morgan fingerprint density at radius 2 is 1.85 bits per heavy atom. The molecular formula is C14H21NO4S. The Balaban J connectivity index is 2.12. The highest BCUT2D eigenvalue weighted by molar-refractivity contribution is 7.17. The van der Waals surface area contributed by atoms with Crippen LogP contribution < -0.4 is 0 Å². The highest BCUT2D eigenvalue weighted by Crippen LogP contribution is 2.24. The number of ether oxygens (including phenoxy) is 1. The maximum Gasteiger partial charge on any atom is 0.348 e. The van der Waals surface area contributed by atoms with E-state index in [4.69, 9.17) is 4.74 Å². The molecule has 0 aliphatic rings. The first-order valence-corrected chi connectivity index (χ1v) is 7.88. The third kappa shape index (κ3) is 6.14. The van der Waals surface area contributed by atoms with E-state index < -0.39 is 10.9 Å². The standard InChI is InChI=1S/C14H21NO4S/c1-2-3-4-5-6-7-8-11-19-14(16)12-9-10-13(20-12)15(17)18/h9-10H,2-8,11H2,1H3. The molecule has 0 saturated heterocycles. The number of nitro groups is 1. The van der Waals surface area contributed by atoms with Gasteiger partial charge in [-0.25, -0.2) is 4.79 Å². The molecule has 0 unspecified atom stereocenters. The van der Waals surface area contributed by atoms with Crippen molar-refractivity contribution < 1.29 is 14.5 Å². The molecule has 1 aromatic heterocycles. The number of unbranched alkanes of at least 4 members (excludes halogenated alkanes) is 6. The Morgan fingerprint density at radius 1 is 1.20 bits per heavy atom. The molecule has 6 heteroatoms. The van der Waals surface area contributed by atoms with Gasteiger partial charge in [-0.1, -0.05) is 56.8 Å². The number of carbonyl (C=O) groups is 1. The van der Waals surface area contributed by atoms with E-state index >= 15 is 0 Å². The van der Waals surface area contributed by atoms with Crippen LogP contribution in [0.25, 0.3) is 0 Å². The number of rotatable bonds is 10. The topological polar surface area (TPSA) is 69.4 Å². The number of hydrogen-bond donors (Lipinski definition) is 0. The first kappa shape index (κ1) is 16.6. The van der Waals surface area contributed by atoms with E-state index in [1.165, 1.54) is 44.2 Å². The molecule has 0 amide bonds. The monoisotopic (exact) mass is 299 g/mol. The lowest BCUT2D eigenvalue weighted by Gasteiger charge is -2.03. The zero-order chi connectivity index (χ0) is 14.8. The van der Waals surface area contributed by atoms with E-state index in [1.807, 2.05) is 0 Å². The molecule has 0 saturated carbocycles. The van der Waals surface area contributed by atoms with Gasteiger partial charge in [0, 0.05) is 6.07 Å². The molecule has 0 aliphatic heterocycles. The first-order chi connectivity index (χ1) is 9.65. The van der Waals surface area contributed by atoms with Crippen LogP contribution in [0.4, 0.5) is 5.00 Å². The quantitative estimate of drug-likeness (QED) is 0.275. The summed E-state index contributed by atoms with van der Waals surface area (Å²) in [7, 11) is 0. The zero-order valence-electron chi connectivity index (χ0n) is 11.8. The van der Waals surface area contributed by atoms with Gasteiger partial charge < -0.3 is 4.74 Å². The molecular weight excluding hydrogens is 278 g/mol. The number of thiophene rings is 1. The van der Waals surface area contributed by atoms with Gasteiger partial charge in [0.1, 0.15) is 4.88 Å².